The van der Waals surface area contributed by atoms with E-state index in [-0.39, 0.29) is 25.4 Å². The fourth-order valence-corrected chi connectivity index (χ4v) is 4.37. The van der Waals surface area contributed by atoms with Crippen LogP contribution in [0.5, 0.6) is 0 Å². The number of alkyl carbamates (subject to hydrolysis) is 1. The second-order valence-corrected chi connectivity index (χ2v) is 10.3. The number of aromatic amines is 1. The van der Waals surface area contributed by atoms with Gasteiger partial charge in [0.2, 0.25) is 11.8 Å². The zero-order valence-electron chi connectivity index (χ0n) is 23.3. The van der Waals surface area contributed by atoms with Crippen LogP contribution in [0.15, 0.2) is 79.4 Å². The molecule has 0 radical (unpaired) electrons. The van der Waals surface area contributed by atoms with Crippen LogP contribution in [-0.2, 0) is 33.8 Å². The van der Waals surface area contributed by atoms with Crippen LogP contribution in [0.25, 0.3) is 10.9 Å². The van der Waals surface area contributed by atoms with Gasteiger partial charge in [0.15, 0.2) is 0 Å². The van der Waals surface area contributed by atoms with Gasteiger partial charge in [-0.15, -0.1) is 0 Å². The molecule has 0 aliphatic carbocycles. The number of fused-ring (bicyclic) bond motifs is 1. The number of nitrogens with one attached hydrogen (secondary N) is 4. The lowest BCUT2D eigenvalue weighted by Gasteiger charge is -2.23. The van der Waals surface area contributed by atoms with Crippen molar-refractivity contribution in [3.8, 4) is 0 Å². The van der Waals surface area contributed by atoms with Crippen LogP contribution >= 0.6 is 0 Å². The van der Waals surface area contributed by atoms with Crippen LogP contribution < -0.4 is 16.0 Å². The molecule has 0 aliphatic heterocycles. The molecule has 4 aromatic rings. The summed E-state index contributed by atoms with van der Waals surface area (Å²) in [6.45, 7) is 4.69. The number of hydrogen-bond acceptors (Lipinski definition) is 6. The number of pyridine rings is 1. The Balaban J connectivity index is 1.53. The minimum absolute atomic E-state index is 0.0531. The number of aromatic nitrogens is 3. The van der Waals surface area contributed by atoms with Gasteiger partial charge < -0.3 is 25.7 Å². The highest BCUT2D eigenvalue weighted by Crippen LogP contribution is 2.18. The average Bonchev–Trinajstić information content (AvgIpc) is 3.49. The van der Waals surface area contributed by atoms with Gasteiger partial charge in [-0.2, -0.15) is 0 Å². The van der Waals surface area contributed by atoms with E-state index in [9.17, 15) is 14.4 Å². The lowest BCUT2D eigenvalue weighted by Crippen LogP contribution is -2.55. The highest BCUT2D eigenvalue weighted by molar-refractivity contribution is 5.92. The minimum atomic E-state index is -1.03. The minimum Gasteiger partial charge on any atom is -0.445 e. The first-order chi connectivity index (χ1) is 19.9. The highest BCUT2D eigenvalue weighted by Gasteiger charge is 2.28. The van der Waals surface area contributed by atoms with E-state index in [4.69, 9.17) is 4.74 Å². The van der Waals surface area contributed by atoms with Gasteiger partial charge in [0.1, 0.15) is 18.7 Å². The molecule has 1 unspecified atom stereocenters. The summed E-state index contributed by atoms with van der Waals surface area (Å²) in [7, 11) is 0. The van der Waals surface area contributed by atoms with Crippen LogP contribution in [0.1, 0.15) is 37.1 Å². The maximum absolute atomic E-state index is 13.7. The van der Waals surface area contributed by atoms with Crippen molar-refractivity contribution in [1.29, 1.82) is 0 Å². The van der Waals surface area contributed by atoms with Crippen molar-refractivity contribution < 1.29 is 19.1 Å². The predicted molar refractivity (Wildman–Crippen MR) is 156 cm³/mol. The normalized spacial score (nSPS) is 12.5. The van der Waals surface area contributed by atoms with Gasteiger partial charge in [-0.05, 0) is 29.5 Å². The zero-order valence-corrected chi connectivity index (χ0v) is 23.3. The number of rotatable bonds is 13. The number of H-pyrrole nitrogens is 1. The summed E-state index contributed by atoms with van der Waals surface area (Å²) in [5, 5.41) is 9.39. The van der Waals surface area contributed by atoms with Crippen molar-refractivity contribution in [3.63, 3.8) is 0 Å². The Morgan fingerprint density at radius 2 is 1.68 bits per heavy atom. The van der Waals surface area contributed by atoms with E-state index in [1.165, 1.54) is 6.33 Å². The van der Waals surface area contributed by atoms with E-state index in [1.807, 2.05) is 60.7 Å². The first-order valence-corrected chi connectivity index (χ1v) is 13.7. The summed E-state index contributed by atoms with van der Waals surface area (Å²) in [6, 6.07) is 16.8. The predicted octanol–water partition coefficient (Wildman–Crippen LogP) is 3.69. The third-order valence-corrected chi connectivity index (χ3v) is 6.59. The summed E-state index contributed by atoms with van der Waals surface area (Å²) >= 11 is 0. The van der Waals surface area contributed by atoms with Crippen molar-refractivity contribution in [1.82, 2.24) is 30.9 Å². The van der Waals surface area contributed by atoms with Gasteiger partial charge in [-0.3, -0.25) is 14.6 Å². The van der Waals surface area contributed by atoms with E-state index in [2.05, 4.69) is 44.7 Å². The number of carbonyl (C=O) groups is 3. The van der Waals surface area contributed by atoms with Crippen LogP contribution in [0.3, 0.4) is 0 Å². The maximum Gasteiger partial charge on any atom is 0.408 e. The van der Waals surface area contributed by atoms with Gasteiger partial charge in [0.05, 0.1) is 11.8 Å². The standard InChI is InChI=1S/C31H36N6O4/c1-21(2)13-15-34-29(38)27(17-25-18-32-20-35-25)36-30(39)26(37-31(40)41-19-22-8-4-3-5-9-22)16-24-11-6-10-23-12-7-14-33-28(23)24/h3-12,14,18,20-21,26-27H,13,15-17,19H2,1-2H3,(H,32,35)(H,34,38)(H,36,39)(H,37,40)/t26-,27?/m1/s1. The molecule has 0 aliphatic rings. The Hall–Kier alpha value is -4.73. The number of para-hydroxylation sites is 1. The van der Waals surface area contributed by atoms with Crippen molar-refractivity contribution in [3.05, 3.63) is 96.2 Å². The molecule has 4 N–H and O–H groups in total. The number of amides is 3. The summed E-state index contributed by atoms with van der Waals surface area (Å²) in [5.41, 5.74) is 3.02. The second kappa shape index (κ2) is 14.6. The van der Waals surface area contributed by atoms with Crippen LogP contribution in [0.4, 0.5) is 4.79 Å². The molecule has 2 aromatic carbocycles. The van der Waals surface area contributed by atoms with E-state index >= 15 is 0 Å². The van der Waals surface area contributed by atoms with Crippen molar-refractivity contribution in [2.45, 2.75) is 51.8 Å². The topological polar surface area (TPSA) is 138 Å². The number of benzene rings is 2. The maximum atomic E-state index is 13.7. The molecule has 4 rings (SSSR count). The second-order valence-electron chi connectivity index (χ2n) is 10.3. The number of ether oxygens (including phenoxy) is 1. The van der Waals surface area contributed by atoms with E-state index in [0.29, 0.717) is 18.2 Å². The third kappa shape index (κ3) is 8.89. The van der Waals surface area contributed by atoms with E-state index < -0.39 is 24.1 Å². The summed E-state index contributed by atoms with van der Waals surface area (Å²) < 4.78 is 5.41. The first kappa shape index (κ1) is 29.3. The van der Waals surface area contributed by atoms with Crippen molar-refractivity contribution in [2.75, 3.05) is 6.54 Å². The Bertz CT molecular complexity index is 1420. The lowest BCUT2D eigenvalue weighted by atomic mass is 10.0. The number of hydrogen-bond donors (Lipinski definition) is 4. The summed E-state index contributed by atoms with van der Waals surface area (Å²) in [5.74, 6) is -0.412. The number of carbonyl (C=O) groups excluding carboxylic acids is 3. The Morgan fingerprint density at radius 3 is 2.44 bits per heavy atom. The Morgan fingerprint density at radius 1 is 0.902 bits per heavy atom. The number of imidazole rings is 1. The van der Waals surface area contributed by atoms with E-state index in [0.717, 1.165) is 28.5 Å². The van der Waals surface area contributed by atoms with Crippen LogP contribution in [0, 0.1) is 5.92 Å². The molecule has 0 saturated heterocycles. The smallest absolute Gasteiger partial charge is 0.408 e. The molecule has 0 saturated carbocycles. The Kier molecular flexibility index (Phi) is 10.4. The average molecular weight is 557 g/mol. The van der Waals surface area contributed by atoms with Crippen LogP contribution in [0.2, 0.25) is 0 Å². The van der Waals surface area contributed by atoms with Gasteiger partial charge in [-0.1, -0.05) is 68.4 Å². The molecule has 0 spiro atoms. The van der Waals surface area contributed by atoms with Gasteiger partial charge >= 0.3 is 6.09 Å². The molecular weight excluding hydrogens is 520 g/mol. The van der Waals surface area contributed by atoms with Crippen molar-refractivity contribution >= 4 is 28.8 Å². The quantitative estimate of drug-likeness (QED) is 0.198. The lowest BCUT2D eigenvalue weighted by molar-refractivity contribution is -0.130. The molecule has 0 fully saturated rings. The molecule has 2 atom stereocenters. The molecule has 2 aromatic heterocycles. The Labute approximate surface area is 239 Å². The summed E-state index contributed by atoms with van der Waals surface area (Å²) in [6.07, 6.45) is 5.23. The fraction of sp³-hybridized carbons (Fsp3) is 0.323. The molecule has 41 heavy (non-hydrogen) atoms. The third-order valence-electron chi connectivity index (χ3n) is 6.59. The monoisotopic (exact) mass is 556 g/mol. The van der Waals surface area contributed by atoms with Gasteiger partial charge in [0.25, 0.3) is 0 Å². The van der Waals surface area contributed by atoms with Gasteiger partial charge in [-0.25, -0.2) is 9.78 Å². The first-order valence-electron chi connectivity index (χ1n) is 13.7. The fourth-order valence-electron chi connectivity index (χ4n) is 4.37. The van der Waals surface area contributed by atoms with E-state index in [1.54, 1.807) is 12.4 Å². The number of nitrogens with zero attached hydrogens (tertiary/aromatic N) is 2. The molecule has 10 heteroatoms. The molecule has 0 bridgehead atoms. The molecule has 10 nitrogen and oxygen atoms in total. The molecule has 2 heterocycles. The molecule has 214 valence electrons. The highest BCUT2D eigenvalue weighted by atomic mass is 16.5. The largest absolute Gasteiger partial charge is 0.445 e. The summed E-state index contributed by atoms with van der Waals surface area (Å²) in [4.78, 5) is 51.2. The van der Waals surface area contributed by atoms with Crippen molar-refractivity contribution in [2.24, 2.45) is 5.92 Å². The van der Waals surface area contributed by atoms with Crippen LogP contribution in [-0.4, -0.2) is 51.5 Å². The van der Waals surface area contributed by atoms with Gasteiger partial charge in [0, 0.05) is 42.9 Å². The SMILES string of the molecule is CC(C)CCNC(=O)C(Cc1cnc[nH]1)NC(=O)[C@@H](Cc1cccc2cccnc12)NC(=O)OCc1ccccc1. The molecule has 3 amide bonds. The molecular formula is C31H36N6O4. The zero-order chi connectivity index (χ0) is 29.0.